The molecule has 1 amide bonds. The molecule has 1 atom stereocenters. The number of nitrogens with zero attached hydrogens (tertiary/aromatic N) is 3. The fourth-order valence-corrected chi connectivity index (χ4v) is 4.40. The van der Waals surface area contributed by atoms with Gasteiger partial charge in [-0.15, -0.1) is 10.2 Å². The van der Waals surface area contributed by atoms with Crippen LogP contribution in [0.1, 0.15) is 35.9 Å². The highest BCUT2D eigenvalue weighted by atomic mass is 32.2. The molecule has 0 aliphatic heterocycles. The van der Waals surface area contributed by atoms with Gasteiger partial charge in [-0.1, -0.05) is 48.2 Å². The molecule has 28 heavy (non-hydrogen) atoms. The fourth-order valence-electron chi connectivity index (χ4n) is 3.50. The van der Waals surface area contributed by atoms with Crippen LogP contribution in [-0.4, -0.2) is 25.9 Å². The Morgan fingerprint density at radius 3 is 2.75 bits per heavy atom. The second-order valence-electron chi connectivity index (χ2n) is 7.19. The van der Waals surface area contributed by atoms with Crippen LogP contribution in [0, 0.1) is 6.92 Å². The van der Waals surface area contributed by atoms with E-state index in [0.29, 0.717) is 6.54 Å². The van der Waals surface area contributed by atoms with Crippen LogP contribution >= 0.6 is 11.8 Å². The van der Waals surface area contributed by atoms with Gasteiger partial charge in [0.05, 0.1) is 11.8 Å². The molecule has 1 aromatic heterocycles. The Morgan fingerprint density at radius 2 is 1.93 bits per heavy atom. The molecule has 1 aliphatic rings. The second-order valence-corrected chi connectivity index (χ2v) is 8.50. The maximum atomic E-state index is 12.7. The van der Waals surface area contributed by atoms with Crippen LogP contribution in [0.5, 0.6) is 0 Å². The van der Waals surface area contributed by atoms with Crippen LogP contribution in [0.25, 0.3) is 0 Å². The molecule has 5 nitrogen and oxygen atoms in total. The predicted molar refractivity (Wildman–Crippen MR) is 113 cm³/mol. The van der Waals surface area contributed by atoms with Crippen molar-refractivity contribution in [3.05, 3.63) is 71.0 Å². The highest BCUT2D eigenvalue weighted by molar-refractivity contribution is 8.00. The first-order valence-corrected chi connectivity index (χ1v) is 10.5. The molecule has 0 saturated carbocycles. The number of nitrogens with one attached hydrogen (secondary N) is 1. The molecular formula is C22H24N4OS. The minimum Gasteiger partial charge on any atom is -0.325 e. The summed E-state index contributed by atoms with van der Waals surface area (Å²) in [5, 5.41) is 12.0. The van der Waals surface area contributed by atoms with Crippen molar-refractivity contribution in [2.24, 2.45) is 0 Å². The number of thioether (sulfide) groups is 1. The molecular weight excluding hydrogens is 368 g/mol. The van der Waals surface area contributed by atoms with E-state index >= 15 is 0 Å². The number of hydrogen-bond acceptors (Lipinski definition) is 4. The van der Waals surface area contributed by atoms with Crippen molar-refractivity contribution in [3.8, 4) is 0 Å². The monoisotopic (exact) mass is 392 g/mol. The molecule has 0 bridgehead atoms. The number of aromatic nitrogens is 3. The third kappa shape index (κ3) is 4.12. The lowest BCUT2D eigenvalue weighted by Gasteiger charge is -2.14. The summed E-state index contributed by atoms with van der Waals surface area (Å²) < 4.78 is 2.05. The van der Waals surface area contributed by atoms with Crippen LogP contribution < -0.4 is 5.32 Å². The van der Waals surface area contributed by atoms with Gasteiger partial charge in [-0.05, 0) is 61.9 Å². The zero-order valence-corrected chi connectivity index (χ0v) is 17.0. The van der Waals surface area contributed by atoms with Crippen molar-refractivity contribution in [3.63, 3.8) is 0 Å². The van der Waals surface area contributed by atoms with Gasteiger partial charge in [0.25, 0.3) is 0 Å². The minimum absolute atomic E-state index is 0.0186. The Bertz CT molecular complexity index is 983. The van der Waals surface area contributed by atoms with E-state index in [2.05, 4.69) is 44.3 Å². The SMILES string of the molecule is Cc1nnc(S[C@H](C)C(=O)Nc2ccc3c(c2)CCC3)n1Cc1ccccc1. The van der Waals surface area contributed by atoms with Gasteiger partial charge in [-0.2, -0.15) is 0 Å². The number of benzene rings is 2. The summed E-state index contributed by atoms with van der Waals surface area (Å²) >= 11 is 1.44. The van der Waals surface area contributed by atoms with Crippen LogP contribution in [0.4, 0.5) is 5.69 Å². The standard InChI is InChI=1S/C22H24N4OS/c1-15(21(27)23-20-12-11-18-9-6-10-19(18)13-20)28-22-25-24-16(2)26(22)14-17-7-4-3-5-8-17/h3-5,7-8,11-13,15H,6,9-10,14H2,1-2H3,(H,23,27)/t15-/m1/s1. The molecule has 0 unspecified atom stereocenters. The molecule has 2 aromatic carbocycles. The van der Waals surface area contributed by atoms with E-state index in [9.17, 15) is 4.79 Å². The first kappa shape index (κ1) is 18.7. The Kier molecular flexibility index (Phi) is 5.48. The maximum Gasteiger partial charge on any atom is 0.237 e. The lowest BCUT2D eigenvalue weighted by atomic mass is 10.1. The van der Waals surface area contributed by atoms with Gasteiger partial charge >= 0.3 is 0 Å². The topological polar surface area (TPSA) is 59.8 Å². The van der Waals surface area contributed by atoms with Crippen molar-refractivity contribution >= 4 is 23.4 Å². The highest BCUT2D eigenvalue weighted by Crippen LogP contribution is 2.27. The number of carbonyl (C=O) groups excluding carboxylic acids is 1. The molecule has 6 heteroatoms. The number of fused-ring (bicyclic) bond motifs is 1. The summed E-state index contributed by atoms with van der Waals surface area (Å²) in [7, 11) is 0. The average Bonchev–Trinajstić information content (AvgIpc) is 3.30. The van der Waals surface area contributed by atoms with E-state index in [4.69, 9.17) is 0 Å². The van der Waals surface area contributed by atoms with Crippen LogP contribution in [0.15, 0.2) is 53.7 Å². The van der Waals surface area contributed by atoms with Gasteiger partial charge in [-0.25, -0.2) is 0 Å². The molecule has 0 fully saturated rings. The van der Waals surface area contributed by atoms with Gasteiger partial charge in [0.1, 0.15) is 5.82 Å². The second kappa shape index (κ2) is 8.19. The number of rotatable bonds is 6. The van der Waals surface area contributed by atoms with Crippen molar-refractivity contribution in [1.82, 2.24) is 14.8 Å². The summed E-state index contributed by atoms with van der Waals surface area (Å²) in [5.74, 6) is 0.826. The van der Waals surface area contributed by atoms with Crippen molar-refractivity contribution in [2.45, 2.75) is 50.1 Å². The van der Waals surface area contributed by atoms with E-state index in [0.717, 1.165) is 29.5 Å². The fraction of sp³-hybridized carbons (Fsp3) is 0.318. The third-order valence-electron chi connectivity index (χ3n) is 5.10. The quantitative estimate of drug-likeness (QED) is 0.638. The summed E-state index contributed by atoms with van der Waals surface area (Å²) in [4.78, 5) is 12.7. The largest absolute Gasteiger partial charge is 0.325 e. The maximum absolute atomic E-state index is 12.7. The van der Waals surface area contributed by atoms with Crippen molar-refractivity contribution in [1.29, 1.82) is 0 Å². The zero-order chi connectivity index (χ0) is 19.5. The molecule has 0 spiro atoms. The normalized spacial score (nSPS) is 13.9. The van der Waals surface area contributed by atoms with Crippen molar-refractivity contribution < 1.29 is 4.79 Å². The summed E-state index contributed by atoms with van der Waals surface area (Å²) in [6, 6.07) is 16.5. The van der Waals surface area contributed by atoms with Crippen molar-refractivity contribution in [2.75, 3.05) is 5.32 Å². The third-order valence-corrected chi connectivity index (χ3v) is 6.18. The van der Waals surface area contributed by atoms with Gasteiger partial charge in [0, 0.05) is 5.69 Å². The number of carbonyl (C=O) groups is 1. The van der Waals surface area contributed by atoms with Crippen LogP contribution in [0.2, 0.25) is 0 Å². The first-order valence-electron chi connectivity index (χ1n) is 9.63. The zero-order valence-electron chi connectivity index (χ0n) is 16.2. The Labute approximate surface area is 169 Å². The van der Waals surface area contributed by atoms with E-state index < -0.39 is 0 Å². The number of anilines is 1. The Morgan fingerprint density at radius 1 is 1.14 bits per heavy atom. The van der Waals surface area contributed by atoms with Gasteiger partial charge < -0.3 is 9.88 Å². The summed E-state index contributed by atoms with van der Waals surface area (Å²) in [6.45, 7) is 4.54. The van der Waals surface area contributed by atoms with Crippen LogP contribution in [0.3, 0.4) is 0 Å². The van der Waals surface area contributed by atoms with Gasteiger partial charge in [0.2, 0.25) is 5.91 Å². The summed E-state index contributed by atoms with van der Waals surface area (Å²) in [6.07, 6.45) is 3.45. The first-order chi connectivity index (χ1) is 13.6. The molecule has 4 rings (SSSR count). The van der Waals surface area contributed by atoms with Crippen LogP contribution in [-0.2, 0) is 24.2 Å². The predicted octanol–water partition coefficient (Wildman–Crippen LogP) is 4.24. The van der Waals surface area contributed by atoms with E-state index in [1.807, 2.05) is 38.1 Å². The van der Waals surface area contributed by atoms with E-state index in [1.165, 1.54) is 34.9 Å². The smallest absolute Gasteiger partial charge is 0.237 e. The van der Waals surface area contributed by atoms with Gasteiger partial charge in [0.15, 0.2) is 5.16 Å². The lowest BCUT2D eigenvalue weighted by Crippen LogP contribution is -2.23. The Balaban J connectivity index is 1.43. The molecule has 0 radical (unpaired) electrons. The van der Waals surface area contributed by atoms with Gasteiger partial charge in [-0.3, -0.25) is 4.79 Å². The average molecular weight is 393 g/mol. The number of amides is 1. The number of hydrogen-bond donors (Lipinski definition) is 1. The minimum atomic E-state index is -0.272. The number of aryl methyl sites for hydroxylation is 3. The highest BCUT2D eigenvalue weighted by Gasteiger charge is 2.20. The lowest BCUT2D eigenvalue weighted by molar-refractivity contribution is -0.115. The molecule has 1 heterocycles. The molecule has 1 N–H and O–H groups in total. The molecule has 0 saturated heterocycles. The molecule has 144 valence electrons. The summed E-state index contributed by atoms with van der Waals surface area (Å²) in [5.41, 5.74) is 4.82. The Hall–Kier alpha value is -2.60. The molecule has 1 aliphatic carbocycles. The van der Waals surface area contributed by atoms with E-state index in [1.54, 1.807) is 0 Å². The van der Waals surface area contributed by atoms with E-state index in [-0.39, 0.29) is 11.2 Å². The molecule has 3 aromatic rings.